The number of morpholine rings is 1. The molecule has 0 aromatic carbocycles. The zero-order chi connectivity index (χ0) is 12.8. The Bertz CT molecular complexity index is 405. The number of nitrogens with one attached hydrogen (secondary N) is 2. The van der Waals surface area contributed by atoms with Gasteiger partial charge in [0.25, 0.3) is 5.91 Å². The normalized spacial score (nSPS) is 16.3. The molecule has 2 N–H and O–H groups in total. The van der Waals surface area contributed by atoms with Crippen LogP contribution in [-0.2, 0) is 4.74 Å². The van der Waals surface area contributed by atoms with E-state index in [0.717, 1.165) is 19.6 Å². The molecular weight excluding hydrogens is 232 g/mol. The van der Waals surface area contributed by atoms with Gasteiger partial charge in [-0.15, -0.1) is 0 Å². The van der Waals surface area contributed by atoms with Crippen molar-refractivity contribution in [2.45, 2.75) is 6.92 Å². The fourth-order valence-electron chi connectivity index (χ4n) is 1.73. The molecule has 6 nitrogen and oxygen atoms in total. The van der Waals surface area contributed by atoms with Crippen LogP contribution in [0.25, 0.3) is 0 Å². The lowest BCUT2D eigenvalue weighted by Crippen LogP contribution is -2.48. The number of pyridine rings is 1. The largest absolute Gasteiger partial charge is 0.379 e. The van der Waals surface area contributed by atoms with Crippen LogP contribution in [0.5, 0.6) is 0 Å². The first-order valence-electron chi connectivity index (χ1n) is 6.13. The lowest BCUT2D eigenvalue weighted by Gasteiger charge is -2.26. The lowest BCUT2D eigenvalue weighted by molar-refractivity contribution is 0.0126. The first kappa shape index (κ1) is 12.8. The molecule has 1 aliphatic rings. The minimum Gasteiger partial charge on any atom is -0.379 e. The van der Waals surface area contributed by atoms with Crippen LogP contribution in [0.2, 0.25) is 0 Å². The van der Waals surface area contributed by atoms with E-state index in [1.807, 2.05) is 11.9 Å². The number of hydrogen-bond acceptors (Lipinski definition) is 5. The van der Waals surface area contributed by atoms with Gasteiger partial charge in [0.2, 0.25) is 0 Å². The van der Waals surface area contributed by atoms with E-state index in [1.54, 1.807) is 18.3 Å². The average molecular weight is 250 g/mol. The Labute approximate surface area is 106 Å². The monoisotopic (exact) mass is 250 g/mol. The van der Waals surface area contributed by atoms with E-state index in [1.165, 1.54) is 0 Å². The Morgan fingerprint density at radius 3 is 3.00 bits per heavy atom. The summed E-state index contributed by atoms with van der Waals surface area (Å²) >= 11 is 0. The first-order chi connectivity index (χ1) is 8.79. The summed E-state index contributed by atoms with van der Waals surface area (Å²) in [5.41, 5.74) is 3.47. The molecule has 0 saturated carbocycles. The SMILES string of the molecule is CCNc1cc(C(=O)NN2CCOCC2)ccn1. The van der Waals surface area contributed by atoms with Gasteiger partial charge in [0, 0.05) is 31.4 Å². The number of amides is 1. The lowest BCUT2D eigenvalue weighted by atomic mass is 10.2. The molecule has 0 radical (unpaired) electrons. The third kappa shape index (κ3) is 3.41. The summed E-state index contributed by atoms with van der Waals surface area (Å²) < 4.78 is 5.23. The van der Waals surface area contributed by atoms with Crippen molar-refractivity contribution in [3.8, 4) is 0 Å². The minimum absolute atomic E-state index is 0.113. The molecule has 6 heteroatoms. The topological polar surface area (TPSA) is 66.5 Å². The number of carbonyl (C=O) groups is 1. The maximum atomic E-state index is 12.0. The molecule has 0 atom stereocenters. The zero-order valence-corrected chi connectivity index (χ0v) is 10.5. The Balaban J connectivity index is 1.96. The standard InChI is InChI=1S/C12H18N4O2/c1-2-13-11-9-10(3-4-14-11)12(17)15-16-5-7-18-8-6-16/h3-4,9H,2,5-8H2,1H3,(H,13,14)(H,15,17). The third-order valence-corrected chi connectivity index (χ3v) is 2.65. The molecule has 0 bridgehead atoms. The summed E-state index contributed by atoms with van der Waals surface area (Å²) in [6, 6.07) is 3.45. The molecule has 0 aliphatic carbocycles. The van der Waals surface area contributed by atoms with E-state index >= 15 is 0 Å². The molecule has 1 amide bonds. The zero-order valence-electron chi connectivity index (χ0n) is 10.5. The number of rotatable bonds is 4. The fraction of sp³-hybridized carbons (Fsp3) is 0.500. The van der Waals surface area contributed by atoms with E-state index in [-0.39, 0.29) is 5.91 Å². The second-order valence-corrected chi connectivity index (χ2v) is 4.00. The molecule has 1 saturated heterocycles. The maximum Gasteiger partial charge on any atom is 0.265 e. The van der Waals surface area contributed by atoms with Gasteiger partial charge in [0.15, 0.2) is 0 Å². The van der Waals surface area contributed by atoms with Crippen molar-refractivity contribution in [3.05, 3.63) is 23.9 Å². The summed E-state index contributed by atoms with van der Waals surface area (Å²) in [7, 11) is 0. The molecule has 98 valence electrons. The van der Waals surface area contributed by atoms with Crippen LogP contribution in [0.4, 0.5) is 5.82 Å². The van der Waals surface area contributed by atoms with Crippen molar-refractivity contribution >= 4 is 11.7 Å². The third-order valence-electron chi connectivity index (χ3n) is 2.65. The van der Waals surface area contributed by atoms with Crippen molar-refractivity contribution in [2.75, 3.05) is 38.2 Å². The summed E-state index contributed by atoms with van der Waals surface area (Å²) in [5, 5.41) is 4.96. The maximum absolute atomic E-state index is 12.0. The summed E-state index contributed by atoms with van der Waals surface area (Å²) in [6.45, 7) is 5.51. The van der Waals surface area contributed by atoms with Crippen LogP contribution in [-0.4, -0.2) is 48.7 Å². The van der Waals surface area contributed by atoms with Crippen LogP contribution in [0.15, 0.2) is 18.3 Å². The average Bonchev–Trinajstić information content (AvgIpc) is 2.40. The number of anilines is 1. The quantitative estimate of drug-likeness (QED) is 0.814. The first-order valence-corrected chi connectivity index (χ1v) is 6.13. The predicted molar refractivity (Wildman–Crippen MR) is 68.3 cm³/mol. The number of aromatic nitrogens is 1. The van der Waals surface area contributed by atoms with E-state index in [2.05, 4.69) is 15.7 Å². The summed E-state index contributed by atoms with van der Waals surface area (Å²) in [4.78, 5) is 16.2. The van der Waals surface area contributed by atoms with Gasteiger partial charge in [-0.3, -0.25) is 10.2 Å². The highest BCUT2D eigenvalue weighted by atomic mass is 16.5. The number of hydrogen-bond donors (Lipinski definition) is 2. The molecule has 2 rings (SSSR count). The molecule has 1 aromatic heterocycles. The summed E-state index contributed by atoms with van der Waals surface area (Å²) in [6.07, 6.45) is 1.63. The summed E-state index contributed by atoms with van der Waals surface area (Å²) in [5.74, 6) is 0.602. The second kappa shape index (κ2) is 6.32. The van der Waals surface area contributed by atoms with Crippen molar-refractivity contribution < 1.29 is 9.53 Å². The van der Waals surface area contributed by atoms with Gasteiger partial charge in [-0.1, -0.05) is 0 Å². The van der Waals surface area contributed by atoms with Crippen LogP contribution >= 0.6 is 0 Å². The number of ether oxygens (including phenoxy) is 1. The van der Waals surface area contributed by atoms with Crippen molar-refractivity contribution in [3.63, 3.8) is 0 Å². The van der Waals surface area contributed by atoms with Crippen molar-refractivity contribution in [1.82, 2.24) is 15.4 Å². The number of carbonyl (C=O) groups excluding carboxylic acids is 1. The van der Waals surface area contributed by atoms with Crippen LogP contribution in [0.3, 0.4) is 0 Å². The number of nitrogens with zero attached hydrogens (tertiary/aromatic N) is 2. The van der Waals surface area contributed by atoms with E-state index in [4.69, 9.17) is 4.74 Å². The van der Waals surface area contributed by atoms with Crippen LogP contribution in [0, 0.1) is 0 Å². The van der Waals surface area contributed by atoms with Gasteiger partial charge < -0.3 is 10.1 Å². The molecule has 1 aliphatic heterocycles. The van der Waals surface area contributed by atoms with E-state index in [9.17, 15) is 4.79 Å². The fourth-order valence-corrected chi connectivity index (χ4v) is 1.73. The van der Waals surface area contributed by atoms with Crippen LogP contribution in [0.1, 0.15) is 17.3 Å². The minimum atomic E-state index is -0.113. The highest BCUT2D eigenvalue weighted by Gasteiger charge is 2.14. The van der Waals surface area contributed by atoms with Gasteiger partial charge in [-0.2, -0.15) is 0 Å². The van der Waals surface area contributed by atoms with Gasteiger partial charge in [-0.05, 0) is 19.1 Å². The molecule has 2 heterocycles. The van der Waals surface area contributed by atoms with E-state index < -0.39 is 0 Å². The van der Waals surface area contributed by atoms with Gasteiger partial charge >= 0.3 is 0 Å². The second-order valence-electron chi connectivity index (χ2n) is 4.00. The Hall–Kier alpha value is -1.66. The van der Waals surface area contributed by atoms with Gasteiger partial charge in [-0.25, -0.2) is 9.99 Å². The highest BCUT2D eigenvalue weighted by Crippen LogP contribution is 2.07. The Kier molecular flexibility index (Phi) is 4.49. The number of hydrazine groups is 1. The van der Waals surface area contributed by atoms with E-state index in [0.29, 0.717) is 24.6 Å². The molecular formula is C12H18N4O2. The van der Waals surface area contributed by atoms with Crippen molar-refractivity contribution in [1.29, 1.82) is 0 Å². The molecule has 18 heavy (non-hydrogen) atoms. The molecule has 0 unspecified atom stereocenters. The van der Waals surface area contributed by atoms with Crippen LogP contribution < -0.4 is 10.7 Å². The smallest absolute Gasteiger partial charge is 0.265 e. The Morgan fingerprint density at radius 1 is 1.50 bits per heavy atom. The van der Waals surface area contributed by atoms with Gasteiger partial charge in [0.1, 0.15) is 5.82 Å². The Morgan fingerprint density at radius 2 is 2.28 bits per heavy atom. The molecule has 0 spiro atoms. The highest BCUT2D eigenvalue weighted by molar-refractivity contribution is 5.94. The predicted octanol–water partition coefficient (Wildman–Crippen LogP) is 0.490. The van der Waals surface area contributed by atoms with Gasteiger partial charge in [0.05, 0.1) is 13.2 Å². The van der Waals surface area contributed by atoms with Crippen molar-refractivity contribution in [2.24, 2.45) is 0 Å². The molecule has 1 aromatic rings. The molecule has 1 fully saturated rings.